The van der Waals surface area contributed by atoms with Gasteiger partial charge < -0.3 is 5.11 Å². The van der Waals surface area contributed by atoms with Crippen LogP contribution in [0.15, 0.2) is 0 Å². The number of alkyl halides is 3. The third kappa shape index (κ3) is 5.20. The van der Waals surface area contributed by atoms with Crippen molar-refractivity contribution in [2.24, 2.45) is 11.8 Å². The zero-order valence-electron chi connectivity index (χ0n) is 10.7. The summed E-state index contributed by atoms with van der Waals surface area (Å²) in [6, 6.07) is 0. The van der Waals surface area contributed by atoms with Gasteiger partial charge in [-0.05, 0) is 25.7 Å². The Morgan fingerprint density at radius 1 is 0.842 bits per heavy atom. The molecular weight excluding hydrogens is 261 g/mol. The number of Topliss-reactive ketones (excluding diaryl/α,β-unsaturated/α-hetero) is 1. The molecule has 2 aliphatic rings. The Morgan fingerprint density at radius 2 is 1.11 bits per heavy atom. The van der Waals surface area contributed by atoms with Crippen molar-refractivity contribution in [1.29, 1.82) is 0 Å². The van der Waals surface area contributed by atoms with E-state index in [4.69, 9.17) is 9.90 Å². The third-order valence-electron chi connectivity index (χ3n) is 3.76. The quantitative estimate of drug-likeness (QED) is 0.841. The van der Waals surface area contributed by atoms with Crippen LogP contribution < -0.4 is 0 Å². The lowest BCUT2D eigenvalue weighted by Gasteiger charge is -2.12. The highest BCUT2D eigenvalue weighted by Gasteiger charge is 2.38. The van der Waals surface area contributed by atoms with Gasteiger partial charge in [0.25, 0.3) is 0 Å². The molecule has 0 aromatic carbocycles. The number of carbonyl (C=O) groups excluding carboxylic acids is 1. The van der Waals surface area contributed by atoms with Crippen molar-refractivity contribution in [3.05, 3.63) is 0 Å². The van der Waals surface area contributed by atoms with E-state index >= 15 is 0 Å². The number of halogens is 3. The third-order valence-corrected chi connectivity index (χ3v) is 3.76. The second-order valence-corrected chi connectivity index (χ2v) is 5.17. The van der Waals surface area contributed by atoms with E-state index in [-0.39, 0.29) is 0 Å². The van der Waals surface area contributed by atoms with Crippen LogP contribution in [0.4, 0.5) is 13.2 Å². The van der Waals surface area contributed by atoms with Gasteiger partial charge in [-0.15, -0.1) is 0 Å². The van der Waals surface area contributed by atoms with Crippen molar-refractivity contribution >= 4 is 11.8 Å². The molecule has 2 aliphatic carbocycles. The van der Waals surface area contributed by atoms with Crippen molar-refractivity contribution in [2.75, 3.05) is 0 Å². The molecule has 2 rings (SSSR count). The molecule has 0 heterocycles. The highest BCUT2D eigenvalue weighted by atomic mass is 19.4. The normalized spacial score (nSPS) is 21.0. The summed E-state index contributed by atoms with van der Waals surface area (Å²) in [7, 11) is 0. The Balaban J connectivity index is 0.000000224. The van der Waals surface area contributed by atoms with E-state index in [0.717, 1.165) is 0 Å². The van der Waals surface area contributed by atoms with E-state index in [1.54, 1.807) is 0 Å². The maximum Gasteiger partial charge on any atom is 0.490 e. The number of hydrogen-bond donors (Lipinski definition) is 1. The van der Waals surface area contributed by atoms with Gasteiger partial charge in [0.05, 0.1) is 0 Å². The van der Waals surface area contributed by atoms with E-state index in [0.29, 0.717) is 17.6 Å². The molecule has 0 unspecified atom stereocenters. The molecular formula is C13H19F3O3. The van der Waals surface area contributed by atoms with Gasteiger partial charge in [-0.1, -0.05) is 25.7 Å². The van der Waals surface area contributed by atoms with Crippen molar-refractivity contribution in [3.63, 3.8) is 0 Å². The summed E-state index contributed by atoms with van der Waals surface area (Å²) in [4.78, 5) is 20.7. The predicted octanol–water partition coefficient (Wildman–Crippen LogP) is 3.57. The number of carboxylic acids is 1. The van der Waals surface area contributed by atoms with Gasteiger partial charge in [0.1, 0.15) is 5.78 Å². The van der Waals surface area contributed by atoms with Gasteiger partial charge in [-0.25, -0.2) is 4.79 Å². The van der Waals surface area contributed by atoms with E-state index in [1.807, 2.05) is 0 Å². The van der Waals surface area contributed by atoms with Crippen LogP contribution >= 0.6 is 0 Å². The number of aliphatic carboxylic acids is 1. The topological polar surface area (TPSA) is 54.4 Å². The minimum Gasteiger partial charge on any atom is -0.475 e. The number of carbonyl (C=O) groups is 2. The maximum atomic E-state index is 11.8. The average Bonchev–Trinajstić information content (AvgIpc) is 3.01. The largest absolute Gasteiger partial charge is 0.490 e. The van der Waals surface area contributed by atoms with Crippen LogP contribution in [-0.4, -0.2) is 23.0 Å². The maximum absolute atomic E-state index is 11.8. The highest BCUT2D eigenvalue weighted by Crippen LogP contribution is 2.34. The molecule has 0 saturated heterocycles. The van der Waals surface area contributed by atoms with E-state index in [9.17, 15) is 18.0 Å². The highest BCUT2D eigenvalue weighted by molar-refractivity contribution is 5.83. The van der Waals surface area contributed by atoms with Gasteiger partial charge in [0.15, 0.2) is 0 Å². The Bertz CT molecular complexity index is 296. The number of rotatable bonds is 2. The monoisotopic (exact) mass is 280 g/mol. The molecule has 1 N–H and O–H groups in total. The summed E-state index contributed by atoms with van der Waals surface area (Å²) >= 11 is 0. The van der Waals surface area contributed by atoms with Crippen LogP contribution in [0, 0.1) is 11.8 Å². The van der Waals surface area contributed by atoms with Crippen LogP contribution in [0.2, 0.25) is 0 Å². The lowest BCUT2D eigenvalue weighted by atomic mass is 9.90. The van der Waals surface area contributed by atoms with Gasteiger partial charge in [0.2, 0.25) is 0 Å². The molecule has 0 amide bonds. The molecule has 0 bridgehead atoms. The first-order chi connectivity index (χ1) is 8.82. The molecule has 2 fully saturated rings. The van der Waals surface area contributed by atoms with Crippen LogP contribution in [-0.2, 0) is 9.59 Å². The molecule has 0 aliphatic heterocycles. The predicted molar refractivity (Wildman–Crippen MR) is 62.6 cm³/mol. The van der Waals surface area contributed by atoms with Crippen molar-refractivity contribution < 1.29 is 27.9 Å². The first-order valence-corrected chi connectivity index (χ1v) is 6.66. The molecule has 0 atom stereocenters. The minimum absolute atomic E-state index is 0.466. The second kappa shape index (κ2) is 6.91. The Hall–Kier alpha value is -1.07. The second-order valence-electron chi connectivity index (χ2n) is 5.17. The summed E-state index contributed by atoms with van der Waals surface area (Å²) in [5.41, 5.74) is 0. The fourth-order valence-corrected chi connectivity index (χ4v) is 2.75. The fourth-order valence-electron chi connectivity index (χ4n) is 2.75. The smallest absolute Gasteiger partial charge is 0.475 e. The summed E-state index contributed by atoms with van der Waals surface area (Å²) in [5, 5.41) is 7.12. The van der Waals surface area contributed by atoms with Crippen molar-refractivity contribution in [3.8, 4) is 0 Å². The van der Waals surface area contributed by atoms with E-state index in [1.165, 1.54) is 51.4 Å². The van der Waals surface area contributed by atoms with Crippen molar-refractivity contribution in [2.45, 2.75) is 57.5 Å². The molecule has 0 radical (unpaired) electrons. The lowest BCUT2D eigenvalue weighted by molar-refractivity contribution is -0.192. The molecule has 2 saturated carbocycles. The van der Waals surface area contributed by atoms with E-state index < -0.39 is 12.1 Å². The van der Waals surface area contributed by atoms with E-state index in [2.05, 4.69) is 0 Å². The zero-order valence-corrected chi connectivity index (χ0v) is 10.7. The van der Waals surface area contributed by atoms with Gasteiger partial charge >= 0.3 is 12.1 Å². The van der Waals surface area contributed by atoms with Crippen LogP contribution in [0.1, 0.15) is 51.4 Å². The summed E-state index contributed by atoms with van der Waals surface area (Å²) in [5.74, 6) is -1.21. The summed E-state index contributed by atoms with van der Waals surface area (Å²) < 4.78 is 31.7. The molecule has 0 aromatic heterocycles. The van der Waals surface area contributed by atoms with Crippen molar-refractivity contribution in [1.82, 2.24) is 0 Å². The molecule has 6 heteroatoms. The lowest BCUT2D eigenvalue weighted by Crippen LogP contribution is -2.21. The first-order valence-electron chi connectivity index (χ1n) is 6.66. The van der Waals surface area contributed by atoms with Gasteiger partial charge in [0, 0.05) is 11.8 Å². The molecule has 19 heavy (non-hydrogen) atoms. The SMILES string of the molecule is O=C(C1CCCC1)C1CCCC1.O=C(O)C(F)(F)F. The Labute approximate surface area is 110 Å². The fraction of sp³-hybridized carbons (Fsp3) is 0.846. The van der Waals surface area contributed by atoms with Crippen LogP contribution in [0.3, 0.4) is 0 Å². The summed E-state index contributed by atoms with van der Waals surface area (Å²) in [6.45, 7) is 0. The average molecular weight is 280 g/mol. The zero-order chi connectivity index (χ0) is 14.5. The number of hydrogen-bond acceptors (Lipinski definition) is 2. The Kier molecular flexibility index (Phi) is 5.82. The number of ketones is 1. The minimum atomic E-state index is -5.08. The Morgan fingerprint density at radius 3 is 1.32 bits per heavy atom. The molecule has 3 nitrogen and oxygen atoms in total. The number of carboxylic acid groups (broad SMARTS) is 1. The first kappa shape index (κ1) is 16.0. The van der Waals surface area contributed by atoms with Crippen LogP contribution in [0.5, 0.6) is 0 Å². The standard InChI is InChI=1S/C11H18O.C2HF3O2/c12-11(9-5-1-2-6-9)10-7-3-4-8-10;3-2(4,5)1(6)7/h9-10H,1-8H2;(H,6,7). The van der Waals surface area contributed by atoms with Crippen LogP contribution in [0.25, 0.3) is 0 Å². The molecule has 110 valence electrons. The van der Waals surface area contributed by atoms with Gasteiger partial charge in [-0.2, -0.15) is 13.2 Å². The molecule has 0 spiro atoms. The molecule has 0 aromatic rings. The van der Waals surface area contributed by atoms with Gasteiger partial charge in [-0.3, -0.25) is 4.79 Å². The summed E-state index contributed by atoms with van der Waals surface area (Å²) in [6.07, 6.45) is 4.85.